The van der Waals surface area contributed by atoms with Crippen molar-refractivity contribution in [1.82, 2.24) is 24.9 Å². The minimum absolute atomic E-state index is 0.0852. The number of hydrogen-bond acceptors (Lipinski definition) is 8. The molecule has 11 nitrogen and oxygen atoms in total. The van der Waals surface area contributed by atoms with Gasteiger partial charge in [0.05, 0.1) is 17.8 Å². The van der Waals surface area contributed by atoms with E-state index >= 15 is 0 Å². The van der Waals surface area contributed by atoms with E-state index in [4.69, 9.17) is 0 Å². The zero-order valence-corrected chi connectivity index (χ0v) is 29.5. The molecular formula is C39H49N7O4. The van der Waals surface area contributed by atoms with E-state index in [-0.39, 0.29) is 40.7 Å². The van der Waals surface area contributed by atoms with Gasteiger partial charge in [-0.2, -0.15) is 5.10 Å². The van der Waals surface area contributed by atoms with E-state index in [1.807, 2.05) is 36.1 Å². The lowest BCUT2D eigenvalue weighted by Crippen LogP contribution is -2.48. The van der Waals surface area contributed by atoms with Gasteiger partial charge in [0, 0.05) is 75.6 Å². The SMILES string of the molecule is Cc1c(N[C@H]2C[C@@H](c3ccc(C(=O)N4CCC5(CC4)CCN(c4ccc(C6CCC(=O)NC6=O)cc4)CC5)cc3)CN(C)C2)cnn(C)c1=O. The molecular weight excluding hydrogens is 630 g/mol. The van der Waals surface area contributed by atoms with Gasteiger partial charge in [0.25, 0.3) is 11.5 Å². The van der Waals surface area contributed by atoms with Crippen LogP contribution in [0.1, 0.15) is 83.8 Å². The molecule has 1 spiro atoms. The van der Waals surface area contributed by atoms with Crippen LogP contribution in [0.25, 0.3) is 0 Å². The largest absolute Gasteiger partial charge is 0.379 e. The summed E-state index contributed by atoms with van der Waals surface area (Å²) in [7, 11) is 3.80. The summed E-state index contributed by atoms with van der Waals surface area (Å²) < 4.78 is 1.36. The average molecular weight is 680 g/mol. The molecule has 4 saturated heterocycles. The molecule has 264 valence electrons. The van der Waals surface area contributed by atoms with Gasteiger partial charge in [-0.3, -0.25) is 24.5 Å². The van der Waals surface area contributed by atoms with E-state index in [2.05, 4.69) is 56.8 Å². The Hall–Kier alpha value is -4.51. The van der Waals surface area contributed by atoms with Crippen molar-refractivity contribution in [2.75, 3.05) is 56.5 Å². The Morgan fingerprint density at radius 1 is 0.880 bits per heavy atom. The van der Waals surface area contributed by atoms with Crippen molar-refractivity contribution in [3.05, 3.63) is 87.3 Å². The summed E-state index contributed by atoms with van der Waals surface area (Å²) in [5.74, 6) is -0.199. The summed E-state index contributed by atoms with van der Waals surface area (Å²) in [5.41, 5.74) is 5.79. The molecule has 11 heteroatoms. The van der Waals surface area contributed by atoms with Gasteiger partial charge in [-0.1, -0.05) is 24.3 Å². The maximum atomic E-state index is 13.6. The number of likely N-dealkylation sites (tertiary alicyclic amines) is 2. The number of carbonyl (C=O) groups is 3. The highest BCUT2D eigenvalue weighted by molar-refractivity contribution is 6.01. The highest BCUT2D eigenvalue weighted by Crippen LogP contribution is 2.42. The number of aromatic nitrogens is 2. The third-order valence-corrected chi connectivity index (χ3v) is 11.8. The van der Waals surface area contributed by atoms with Gasteiger partial charge in [0.1, 0.15) is 0 Å². The monoisotopic (exact) mass is 679 g/mol. The van der Waals surface area contributed by atoms with E-state index in [1.165, 1.54) is 15.9 Å². The Labute approximate surface area is 294 Å². The fourth-order valence-corrected chi connectivity index (χ4v) is 8.62. The molecule has 2 aromatic carbocycles. The Balaban J connectivity index is 0.901. The lowest BCUT2D eigenvalue weighted by molar-refractivity contribution is -0.134. The topological polar surface area (TPSA) is 120 Å². The smallest absolute Gasteiger partial charge is 0.271 e. The minimum atomic E-state index is -0.256. The second-order valence-electron chi connectivity index (χ2n) is 15.1. The van der Waals surface area contributed by atoms with Gasteiger partial charge in [-0.25, -0.2) is 4.68 Å². The summed E-state index contributed by atoms with van der Waals surface area (Å²) in [6.45, 7) is 7.22. The van der Waals surface area contributed by atoms with E-state index < -0.39 is 0 Å². The van der Waals surface area contributed by atoms with Crippen molar-refractivity contribution in [1.29, 1.82) is 0 Å². The zero-order valence-electron chi connectivity index (χ0n) is 29.5. The van der Waals surface area contributed by atoms with Crippen LogP contribution in [0.5, 0.6) is 0 Å². The number of nitrogens with one attached hydrogen (secondary N) is 2. The van der Waals surface area contributed by atoms with Crippen LogP contribution < -0.4 is 21.1 Å². The number of nitrogens with zero attached hydrogens (tertiary/aromatic N) is 5. The quantitative estimate of drug-likeness (QED) is 0.375. The van der Waals surface area contributed by atoms with Gasteiger partial charge in [0.2, 0.25) is 11.8 Å². The highest BCUT2D eigenvalue weighted by atomic mass is 16.2. The lowest BCUT2D eigenvalue weighted by atomic mass is 9.71. The maximum absolute atomic E-state index is 13.6. The summed E-state index contributed by atoms with van der Waals surface area (Å²) in [6.07, 6.45) is 7.92. The average Bonchev–Trinajstić information content (AvgIpc) is 3.12. The molecule has 50 heavy (non-hydrogen) atoms. The number of imide groups is 1. The van der Waals surface area contributed by atoms with E-state index in [9.17, 15) is 19.2 Å². The number of rotatable bonds is 6. The summed E-state index contributed by atoms with van der Waals surface area (Å²) in [5, 5.41) is 10.2. The van der Waals surface area contributed by atoms with Gasteiger partial charge >= 0.3 is 0 Å². The van der Waals surface area contributed by atoms with Crippen LogP contribution in [0.2, 0.25) is 0 Å². The fraction of sp³-hybridized carbons (Fsp3) is 0.513. The van der Waals surface area contributed by atoms with Crippen molar-refractivity contribution < 1.29 is 14.4 Å². The maximum Gasteiger partial charge on any atom is 0.271 e. The van der Waals surface area contributed by atoms with Gasteiger partial charge in [-0.05, 0) is 99.2 Å². The zero-order chi connectivity index (χ0) is 35.0. The minimum Gasteiger partial charge on any atom is -0.379 e. The van der Waals surface area contributed by atoms with Crippen molar-refractivity contribution in [3.8, 4) is 0 Å². The Bertz CT molecular complexity index is 1790. The molecule has 3 atom stereocenters. The summed E-state index contributed by atoms with van der Waals surface area (Å²) >= 11 is 0. The van der Waals surface area contributed by atoms with Crippen molar-refractivity contribution in [2.24, 2.45) is 12.5 Å². The predicted molar refractivity (Wildman–Crippen MR) is 194 cm³/mol. The van der Waals surface area contributed by atoms with Crippen LogP contribution in [0.15, 0.2) is 59.5 Å². The molecule has 0 saturated carbocycles. The van der Waals surface area contributed by atoms with Gasteiger partial charge < -0.3 is 20.0 Å². The first-order valence-electron chi connectivity index (χ1n) is 18.1. The molecule has 0 radical (unpaired) electrons. The molecule has 2 N–H and O–H groups in total. The van der Waals surface area contributed by atoms with E-state index in [0.29, 0.717) is 24.3 Å². The first-order chi connectivity index (χ1) is 24.1. The first-order valence-corrected chi connectivity index (χ1v) is 18.1. The Morgan fingerprint density at radius 3 is 2.22 bits per heavy atom. The predicted octanol–water partition coefficient (Wildman–Crippen LogP) is 4.03. The van der Waals surface area contributed by atoms with Crippen LogP contribution in [-0.2, 0) is 16.6 Å². The Morgan fingerprint density at radius 2 is 1.54 bits per heavy atom. The van der Waals surface area contributed by atoms with Crippen molar-refractivity contribution in [3.63, 3.8) is 0 Å². The molecule has 5 heterocycles. The summed E-state index contributed by atoms with van der Waals surface area (Å²) in [6, 6.07) is 16.7. The number of likely N-dealkylation sites (N-methyl/N-ethyl adjacent to an activating group) is 1. The van der Waals surface area contributed by atoms with Gasteiger partial charge in [-0.15, -0.1) is 0 Å². The number of anilines is 2. The standard InChI is InChI=1S/C39H49N7O4/c1-26-34(23-40-44(3)37(26)49)41-31-22-30(24-43(2)25-31)27-4-6-29(7-5-27)38(50)46-20-16-39(17-21-46)14-18-45(19-15-39)32-10-8-28(9-11-32)33-12-13-35(47)42-36(33)48/h4-11,23,30-31,33,41H,12-22,24-25H2,1-3H3,(H,42,47,48)/t30-,31+,33?/m1/s1. The molecule has 7 rings (SSSR count). The highest BCUT2D eigenvalue weighted by Gasteiger charge is 2.39. The normalized spacial score (nSPS) is 24.3. The Kier molecular flexibility index (Phi) is 9.52. The summed E-state index contributed by atoms with van der Waals surface area (Å²) in [4.78, 5) is 56.6. The number of benzene rings is 2. The van der Waals surface area contributed by atoms with E-state index in [1.54, 1.807) is 13.2 Å². The molecule has 0 aliphatic carbocycles. The molecule has 1 aromatic heterocycles. The van der Waals surface area contributed by atoms with Gasteiger partial charge in [0.15, 0.2) is 0 Å². The van der Waals surface area contributed by atoms with Crippen LogP contribution in [0.4, 0.5) is 11.4 Å². The van der Waals surface area contributed by atoms with Crippen LogP contribution in [-0.4, -0.2) is 89.7 Å². The molecule has 1 unspecified atom stereocenters. The first kappa shape index (κ1) is 34.0. The molecule has 0 bridgehead atoms. The van der Waals surface area contributed by atoms with Crippen LogP contribution in [0.3, 0.4) is 0 Å². The second-order valence-corrected chi connectivity index (χ2v) is 15.1. The number of aryl methyl sites for hydroxylation is 1. The van der Waals surface area contributed by atoms with Crippen LogP contribution in [0, 0.1) is 12.3 Å². The molecule has 3 aromatic rings. The molecule has 4 aliphatic rings. The number of carbonyl (C=O) groups excluding carboxylic acids is 3. The lowest BCUT2D eigenvalue weighted by Gasteiger charge is -2.47. The molecule has 3 amide bonds. The van der Waals surface area contributed by atoms with Crippen LogP contribution >= 0.6 is 0 Å². The number of amides is 3. The second kappa shape index (κ2) is 14.0. The van der Waals surface area contributed by atoms with Crippen molar-refractivity contribution >= 4 is 29.1 Å². The fourth-order valence-electron chi connectivity index (χ4n) is 8.62. The number of hydrogen-bond donors (Lipinski definition) is 2. The number of piperidine rings is 4. The molecule has 4 aliphatic heterocycles. The van der Waals surface area contributed by atoms with Crippen molar-refractivity contribution in [2.45, 2.75) is 69.7 Å². The molecule has 4 fully saturated rings. The third kappa shape index (κ3) is 7.06. The third-order valence-electron chi connectivity index (χ3n) is 11.8. The van der Waals surface area contributed by atoms with E-state index in [0.717, 1.165) is 88.2 Å².